The van der Waals surface area contributed by atoms with Crippen LogP contribution in [0.2, 0.25) is 0 Å². The molecule has 2 aromatic heterocycles. The van der Waals surface area contributed by atoms with Crippen molar-refractivity contribution in [2.24, 2.45) is 5.41 Å². The van der Waals surface area contributed by atoms with Crippen molar-refractivity contribution in [2.75, 3.05) is 38.2 Å². The Kier molecular flexibility index (Phi) is 6.12. The second kappa shape index (κ2) is 8.95. The van der Waals surface area contributed by atoms with Gasteiger partial charge in [0.15, 0.2) is 5.82 Å². The topological polar surface area (TPSA) is 117 Å². The second-order valence-electron chi connectivity index (χ2n) is 8.13. The Bertz CT molecular complexity index is 982. The van der Waals surface area contributed by atoms with Gasteiger partial charge in [-0.2, -0.15) is 0 Å². The van der Waals surface area contributed by atoms with E-state index >= 15 is 0 Å². The van der Waals surface area contributed by atoms with Gasteiger partial charge in [-0.1, -0.05) is 6.92 Å². The minimum atomic E-state index is -0.689. The van der Waals surface area contributed by atoms with Gasteiger partial charge >= 0.3 is 0 Å². The van der Waals surface area contributed by atoms with Gasteiger partial charge < -0.3 is 25.6 Å². The Labute approximate surface area is 175 Å². The fourth-order valence-corrected chi connectivity index (χ4v) is 3.39. The van der Waals surface area contributed by atoms with E-state index in [4.69, 9.17) is 9.72 Å². The Hall–Kier alpha value is -2.75. The highest BCUT2D eigenvalue weighted by molar-refractivity contribution is 5.78. The van der Waals surface area contributed by atoms with Crippen LogP contribution in [0.1, 0.15) is 19.8 Å². The quantitative estimate of drug-likeness (QED) is 0.438. The summed E-state index contributed by atoms with van der Waals surface area (Å²) in [5, 5.41) is 25.7. The highest BCUT2D eigenvalue weighted by Crippen LogP contribution is 2.24. The summed E-state index contributed by atoms with van der Waals surface area (Å²) >= 11 is 0. The van der Waals surface area contributed by atoms with Crippen LogP contribution in [0.3, 0.4) is 0 Å². The van der Waals surface area contributed by atoms with Crippen LogP contribution in [0.4, 0.5) is 5.82 Å². The average molecular weight is 412 g/mol. The molecule has 1 unspecified atom stereocenters. The van der Waals surface area contributed by atoms with Crippen molar-refractivity contribution in [1.29, 1.82) is 0 Å². The molecule has 1 aromatic carbocycles. The highest BCUT2D eigenvalue weighted by Gasteiger charge is 2.23. The molecule has 30 heavy (non-hydrogen) atoms. The molecule has 0 radical (unpaired) electrons. The number of ether oxygens (including phenoxy) is 1. The number of nitrogens with zero attached hydrogens (tertiary/aromatic N) is 4. The number of hydrogen-bond acceptors (Lipinski definition) is 8. The number of rotatable bonds is 8. The SMILES string of the molecule is CC(CO)(CO)COc1ccc2c(c1)ncn2-c1cncc(NC2CCCNC2)n1. The Morgan fingerprint density at radius 1 is 1.30 bits per heavy atom. The van der Waals surface area contributed by atoms with E-state index in [-0.39, 0.29) is 19.8 Å². The molecule has 1 aliphatic rings. The van der Waals surface area contributed by atoms with Gasteiger partial charge in [-0.3, -0.25) is 9.55 Å². The van der Waals surface area contributed by atoms with E-state index < -0.39 is 5.41 Å². The van der Waals surface area contributed by atoms with Crippen LogP contribution in [-0.4, -0.2) is 68.7 Å². The first kappa shape index (κ1) is 20.5. The molecule has 9 nitrogen and oxygen atoms in total. The number of fused-ring (bicyclic) bond motifs is 1. The van der Waals surface area contributed by atoms with Crippen LogP contribution in [0.5, 0.6) is 5.75 Å². The summed E-state index contributed by atoms with van der Waals surface area (Å²) in [7, 11) is 0. The van der Waals surface area contributed by atoms with Crippen LogP contribution in [0.25, 0.3) is 16.9 Å². The van der Waals surface area contributed by atoms with Crippen LogP contribution in [-0.2, 0) is 0 Å². The van der Waals surface area contributed by atoms with Gasteiger partial charge in [0.25, 0.3) is 0 Å². The predicted molar refractivity (Wildman–Crippen MR) is 114 cm³/mol. The molecule has 9 heteroatoms. The van der Waals surface area contributed by atoms with E-state index in [2.05, 4.69) is 20.6 Å². The van der Waals surface area contributed by atoms with Crippen LogP contribution in [0.15, 0.2) is 36.9 Å². The second-order valence-corrected chi connectivity index (χ2v) is 8.13. The van der Waals surface area contributed by atoms with Gasteiger partial charge in [-0.15, -0.1) is 0 Å². The van der Waals surface area contributed by atoms with Gasteiger partial charge in [-0.25, -0.2) is 9.97 Å². The molecule has 1 fully saturated rings. The number of nitrogens with one attached hydrogen (secondary N) is 2. The summed E-state index contributed by atoms with van der Waals surface area (Å²) < 4.78 is 7.66. The van der Waals surface area contributed by atoms with Crippen molar-refractivity contribution in [1.82, 2.24) is 24.8 Å². The van der Waals surface area contributed by atoms with Crippen LogP contribution < -0.4 is 15.4 Å². The van der Waals surface area contributed by atoms with Crippen molar-refractivity contribution >= 4 is 16.9 Å². The molecule has 3 aromatic rings. The molecule has 0 bridgehead atoms. The van der Waals surface area contributed by atoms with Crippen LogP contribution >= 0.6 is 0 Å². The number of piperidine rings is 1. The number of imidazole rings is 1. The van der Waals surface area contributed by atoms with E-state index in [0.29, 0.717) is 17.6 Å². The maximum absolute atomic E-state index is 9.41. The monoisotopic (exact) mass is 412 g/mol. The zero-order valence-corrected chi connectivity index (χ0v) is 17.1. The van der Waals surface area contributed by atoms with E-state index in [1.54, 1.807) is 25.6 Å². The lowest BCUT2D eigenvalue weighted by Gasteiger charge is -2.24. The van der Waals surface area contributed by atoms with Gasteiger partial charge in [0, 0.05) is 24.1 Å². The number of benzene rings is 1. The molecule has 1 aliphatic heterocycles. The van der Waals surface area contributed by atoms with E-state index in [0.717, 1.165) is 42.8 Å². The van der Waals surface area contributed by atoms with Crippen molar-refractivity contribution in [2.45, 2.75) is 25.8 Å². The molecule has 3 heterocycles. The van der Waals surface area contributed by atoms with Gasteiger partial charge in [0.05, 0.1) is 43.2 Å². The summed E-state index contributed by atoms with van der Waals surface area (Å²) in [5.41, 5.74) is 0.963. The first-order valence-electron chi connectivity index (χ1n) is 10.2. The van der Waals surface area contributed by atoms with Crippen LogP contribution in [0, 0.1) is 5.41 Å². The predicted octanol–water partition coefficient (Wildman–Crippen LogP) is 1.35. The molecular weight excluding hydrogens is 384 g/mol. The van der Waals surface area contributed by atoms with Crippen molar-refractivity contribution in [3.8, 4) is 11.6 Å². The van der Waals surface area contributed by atoms with E-state index in [1.807, 2.05) is 22.8 Å². The Morgan fingerprint density at radius 2 is 2.17 bits per heavy atom. The maximum Gasteiger partial charge on any atom is 0.159 e. The molecular formula is C21H28N6O3. The minimum absolute atomic E-state index is 0.152. The van der Waals surface area contributed by atoms with E-state index in [9.17, 15) is 10.2 Å². The standard InChI is InChI=1S/C21H28N6O3/c1-21(11-28,12-29)13-30-16-4-5-18-17(7-16)24-14-27(18)20-10-23-9-19(26-20)25-15-3-2-6-22-8-15/h4-5,7,9-10,14-15,22,28-29H,2-3,6,8,11-13H2,1H3,(H,25,26). The third kappa shape index (κ3) is 4.53. The Morgan fingerprint density at radius 3 is 2.93 bits per heavy atom. The third-order valence-corrected chi connectivity index (χ3v) is 5.39. The number of aliphatic hydroxyl groups is 2. The molecule has 0 spiro atoms. The largest absolute Gasteiger partial charge is 0.493 e. The summed E-state index contributed by atoms with van der Waals surface area (Å²) in [5.74, 6) is 2.07. The molecule has 4 N–H and O–H groups in total. The normalized spacial score (nSPS) is 17.2. The molecule has 0 saturated carbocycles. The molecule has 1 saturated heterocycles. The summed E-state index contributed by atoms with van der Waals surface area (Å²) in [4.78, 5) is 13.5. The number of aliphatic hydroxyl groups excluding tert-OH is 2. The number of anilines is 1. The van der Waals surface area contributed by atoms with Gasteiger partial charge in [0.2, 0.25) is 0 Å². The fourth-order valence-electron chi connectivity index (χ4n) is 3.39. The van der Waals surface area contributed by atoms with Crippen molar-refractivity contribution in [3.05, 3.63) is 36.9 Å². The molecule has 160 valence electrons. The zero-order valence-electron chi connectivity index (χ0n) is 17.1. The minimum Gasteiger partial charge on any atom is -0.493 e. The summed E-state index contributed by atoms with van der Waals surface area (Å²) in [6.07, 6.45) is 7.43. The third-order valence-electron chi connectivity index (χ3n) is 5.39. The lowest BCUT2D eigenvalue weighted by atomic mass is 9.94. The summed E-state index contributed by atoms with van der Waals surface area (Å²) in [6.45, 7) is 3.66. The van der Waals surface area contributed by atoms with Crippen molar-refractivity contribution < 1.29 is 14.9 Å². The highest BCUT2D eigenvalue weighted by atomic mass is 16.5. The van der Waals surface area contributed by atoms with E-state index in [1.165, 1.54) is 0 Å². The average Bonchev–Trinajstić information content (AvgIpc) is 3.22. The smallest absolute Gasteiger partial charge is 0.159 e. The lowest BCUT2D eigenvalue weighted by Crippen LogP contribution is -2.38. The number of hydrogen-bond donors (Lipinski definition) is 4. The summed E-state index contributed by atoms with van der Waals surface area (Å²) in [6, 6.07) is 5.95. The van der Waals surface area contributed by atoms with Gasteiger partial charge in [-0.05, 0) is 31.5 Å². The molecule has 4 rings (SSSR count). The fraction of sp³-hybridized carbons (Fsp3) is 0.476. The maximum atomic E-state index is 9.41. The first-order chi connectivity index (χ1) is 14.6. The zero-order chi connectivity index (χ0) is 21.0. The first-order valence-corrected chi connectivity index (χ1v) is 10.2. The van der Waals surface area contributed by atoms with Crippen molar-refractivity contribution in [3.63, 3.8) is 0 Å². The lowest BCUT2D eigenvalue weighted by molar-refractivity contribution is 0.0287. The van der Waals surface area contributed by atoms with Gasteiger partial charge in [0.1, 0.15) is 17.9 Å². The Balaban J connectivity index is 1.51. The molecule has 0 amide bonds. The molecule has 0 aliphatic carbocycles. The molecule has 1 atom stereocenters. The number of aromatic nitrogens is 4.